The molecule has 0 saturated carbocycles. The lowest BCUT2D eigenvalue weighted by Gasteiger charge is -2.38. The normalized spacial score (nSPS) is 19.6. The Balaban J connectivity index is 1.42. The van der Waals surface area contributed by atoms with E-state index in [-0.39, 0.29) is 41.4 Å². The number of ether oxygens (including phenoxy) is 2. The summed E-state index contributed by atoms with van der Waals surface area (Å²) >= 11 is 1.24. The Hall–Kier alpha value is -3.46. The van der Waals surface area contributed by atoms with E-state index in [4.69, 9.17) is 9.47 Å². The van der Waals surface area contributed by atoms with Crippen molar-refractivity contribution in [1.29, 1.82) is 0 Å². The van der Waals surface area contributed by atoms with Gasteiger partial charge in [-0.25, -0.2) is 9.59 Å². The molecule has 1 N–H and O–H groups in total. The number of benzene rings is 2. The standard InChI is InChI=1S/C33H42N2O6S/c1-23(2)25-14-9-10-15-27(25)42-29-26(36)22-33(40-30(29)38,24-12-7-6-8-13-24)17-11-16-28(37)34-18-20-35(21-19-34)31(39)41-32(3,4)5/h6-10,12-15,23,36H,11,16-22H2,1-5H3. The minimum Gasteiger partial charge on any atom is -0.511 e. The quantitative estimate of drug-likeness (QED) is 0.337. The topological polar surface area (TPSA) is 96.4 Å². The van der Waals surface area contributed by atoms with E-state index in [2.05, 4.69) is 13.8 Å². The van der Waals surface area contributed by atoms with Crippen LogP contribution in [-0.4, -0.2) is 64.7 Å². The molecule has 2 aromatic carbocycles. The summed E-state index contributed by atoms with van der Waals surface area (Å²) in [5, 5.41) is 11.2. The molecule has 2 aliphatic heterocycles. The maximum absolute atomic E-state index is 13.4. The van der Waals surface area contributed by atoms with Gasteiger partial charge in [0, 0.05) is 37.5 Å². The number of piperazine rings is 1. The Morgan fingerprint density at radius 1 is 1.00 bits per heavy atom. The number of carbonyl (C=O) groups is 3. The van der Waals surface area contributed by atoms with Gasteiger partial charge in [0.2, 0.25) is 5.91 Å². The van der Waals surface area contributed by atoms with E-state index in [9.17, 15) is 19.5 Å². The molecule has 9 heteroatoms. The van der Waals surface area contributed by atoms with Crippen LogP contribution in [0.4, 0.5) is 4.79 Å². The van der Waals surface area contributed by atoms with Crippen LogP contribution in [0.5, 0.6) is 0 Å². The second-order valence-corrected chi connectivity index (χ2v) is 13.3. The van der Waals surface area contributed by atoms with Gasteiger partial charge >= 0.3 is 12.1 Å². The third-order valence-corrected chi connectivity index (χ3v) is 8.69. The van der Waals surface area contributed by atoms with Gasteiger partial charge < -0.3 is 24.4 Å². The highest BCUT2D eigenvalue weighted by molar-refractivity contribution is 8.04. The van der Waals surface area contributed by atoms with Gasteiger partial charge in [0.15, 0.2) is 0 Å². The van der Waals surface area contributed by atoms with Crippen molar-refractivity contribution in [2.75, 3.05) is 26.2 Å². The number of thioether (sulfide) groups is 1. The van der Waals surface area contributed by atoms with Crippen molar-refractivity contribution in [1.82, 2.24) is 9.80 Å². The summed E-state index contributed by atoms with van der Waals surface area (Å²) in [7, 11) is 0. The van der Waals surface area contributed by atoms with Crippen LogP contribution in [0.15, 0.2) is 70.2 Å². The van der Waals surface area contributed by atoms with E-state index < -0.39 is 17.2 Å². The van der Waals surface area contributed by atoms with Crippen LogP contribution in [0.2, 0.25) is 0 Å². The highest BCUT2D eigenvalue weighted by Crippen LogP contribution is 2.46. The molecule has 0 bridgehead atoms. The zero-order valence-corrected chi connectivity index (χ0v) is 26.0. The van der Waals surface area contributed by atoms with Gasteiger partial charge in [0.1, 0.15) is 21.9 Å². The largest absolute Gasteiger partial charge is 0.511 e. The first-order chi connectivity index (χ1) is 19.9. The summed E-state index contributed by atoms with van der Waals surface area (Å²) in [6.45, 7) is 11.4. The average molecular weight is 595 g/mol. The summed E-state index contributed by atoms with van der Waals surface area (Å²) in [6.07, 6.45) is 0.900. The van der Waals surface area contributed by atoms with E-state index in [1.165, 1.54) is 11.8 Å². The van der Waals surface area contributed by atoms with Crippen molar-refractivity contribution in [3.8, 4) is 0 Å². The lowest BCUT2D eigenvalue weighted by Crippen LogP contribution is -2.51. The smallest absolute Gasteiger partial charge is 0.410 e. The van der Waals surface area contributed by atoms with Crippen molar-refractivity contribution in [3.63, 3.8) is 0 Å². The average Bonchev–Trinajstić information content (AvgIpc) is 2.94. The Bertz CT molecular complexity index is 1310. The van der Waals surface area contributed by atoms with Crippen molar-refractivity contribution in [2.24, 2.45) is 0 Å². The number of esters is 1. The van der Waals surface area contributed by atoms with Crippen LogP contribution < -0.4 is 0 Å². The molecule has 0 radical (unpaired) electrons. The Kier molecular flexibility index (Phi) is 9.92. The van der Waals surface area contributed by atoms with Crippen LogP contribution in [0, 0.1) is 0 Å². The predicted octanol–water partition coefficient (Wildman–Crippen LogP) is 6.76. The Morgan fingerprint density at radius 3 is 2.24 bits per heavy atom. The molecule has 0 spiro atoms. The molecule has 42 heavy (non-hydrogen) atoms. The van der Waals surface area contributed by atoms with Gasteiger partial charge in [-0.2, -0.15) is 0 Å². The number of aliphatic hydroxyl groups is 1. The molecule has 2 heterocycles. The van der Waals surface area contributed by atoms with Crippen molar-refractivity contribution < 1.29 is 29.0 Å². The summed E-state index contributed by atoms with van der Waals surface area (Å²) in [5.74, 6) is -0.304. The summed E-state index contributed by atoms with van der Waals surface area (Å²) in [5.41, 5.74) is 0.249. The molecule has 1 fully saturated rings. The fourth-order valence-electron chi connectivity index (χ4n) is 5.32. The van der Waals surface area contributed by atoms with E-state index in [0.717, 1.165) is 16.0 Å². The summed E-state index contributed by atoms with van der Waals surface area (Å²) < 4.78 is 11.6. The monoisotopic (exact) mass is 594 g/mol. The van der Waals surface area contributed by atoms with Gasteiger partial charge in [-0.05, 0) is 56.7 Å². The Morgan fingerprint density at radius 2 is 1.62 bits per heavy atom. The van der Waals surface area contributed by atoms with Crippen LogP contribution in [-0.2, 0) is 24.7 Å². The van der Waals surface area contributed by atoms with Crippen LogP contribution in [0.1, 0.15) is 77.3 Å². The highest BCUT2D eigenvalue weighted by atomic mass is 32.2. The summed E-state index contributed by atoms with van der Waals surface area (Å²) in [4.78, 5) is 43.4. The Labute approximate surface area is 253 Å². The molecule has 1 atom stereocenters. The van der Waals surface area contributed by atoms with Crippen LogP contribution >= 0.6 is 11.8 Å². The molecule has 2 aliphatic rings. The number of rotatable bonds is 8. The molecule has 4 rings (SSSR count). The highest BCUT2D eigenvalue weighted by Gasteiger charge is 2.43. The van der Waals surface area contributed by atoms with Gasteiger partial charge in [0.25, 0.3) is 0 Å². The number of aliphatic hydroxyl groups excluding tert-OH is 1. The lowest BCUT2D eigenvalue weighted by atomic mass is 9.83. The van der Waals surface area contributed by atoms with Crippen molar-refractivity contribution in [2.45, 2.75) is 82.3 Å². The minimum atomic E-state index is -1.07. The molecule has 0 aromatic heterocycles. The number of carbonyl (C=O) groups excluding carboxylic acids is 3. The number of hydrogen-bond acceptors (Lipinski definition) is 7. The first-order valence-corrected chi connectivity index (χ1v) is 15.4. The zero-order chi connectivity index (χ0) is 30.5. The molecule has 226 valence electrons. The number of nitrogens with zero attached hydrogens (tertiary/aromatic N) is 2. The maximum Gasteiger partial charge on any atom is 0.410 e. The second-order valence-electron chi connectivity index (χ2n) is 12.2. The van der Waals surface area contributed by atoms with Gasteiger partial charge in [-0.3, -0.25) is 4.79 Å². The van der Waals surface area contributed by atoms with Crippen molar-refractivity contribution in [3.05, 3.63) is 76.4 Å². The lowest BCUT2D eigenvalue weighted by molar-refractivity contribution is -0.160. The molecule has 1 saturated heterocycles. The molecular formula is C33H42N2O6S. The number of hydrogen-bond donors (Lipinski definition) is 1. The van der Waals surface area contributed by atoms with E-state index in [1.54, 1.807) is 9.80 Å². The first-order valence-electron chi connectivity index (χ1n) is 14.6. The van der Waals surface area contributed by atoms with Crippen LogP contribution in [0.3, 0.4) is 0 Å². The third-order valence-electron chi connectivity index (χ3n) is 7.50. The number of cyclic esters (lactones) is 1. The first kappa shape index (κ1) is 31.5. The van der Waals surface area contributed by atoms with Crippen LogP contribution in [0.25, 0.3) is 0 Å². The van der Waals surface area contributed by atoms with E-state index in [1.807, 2.05) is 75.4 Å². The van der Waals surface area contributed by atoms with E-state index >= 15 is 0 Å². The second kappa shape index (κ2) is 13.2. The molecular weight excluding hydrogens is 552 g/mol. The molecule has 8 nitrogen and oxygen atoms in total. The fraction of sp³-hybridized carbons (Fsp3) is 0.485. The van der Waals surface area contributed by atoms with Gasteiger partial charge in [-0.15, -0.1) is 0 Å². The SMILES string of the molecule is CC(C)c1ccccc1SC1=C(O)CC(CCCC(=O)N2CCN(C(=O)OC(C)(C)C)CC2)(c2ccccc2)OC1=O. The molecule has 2 aromatic rings. The predicted molar refractivity (Wildman–Crippen MR) is 163 cm³/mol. The van der Waals surface area contributed by atoms with Gasteiger partial charge in [0.05, 0.1) is 6.42 Å². The van der Waals surface area contributed by atoms with Gasteiger partial charge in [-0.1, -0.05) is 74.1 Å². The minimum absolute atomic E-state index is 0.00301. The maximum atomic E-state index is 13.4. The zero-order valence-electron chi connectivity index (χ0n) is 25.2. The fourth-order valence-corrected chi connectivity index (χ4v) is 6.43. The number of amides is 2. The van der Waals surface area contributed by atoms with E-state index in [0.29, 0.717) is 39.0 Å². The summed E-state index contributed by atoms with van der Waals surface area (Å²) in [6, 6.07) is 17.3. The molecule has 1 unspecified atom stereocenters. The molecule has 2 amide bonds. The third kappa shape index (κ3) is 7.68. The molecule has 0 aliphatic carbocycles. The van der Waals surface area contributed by atoms with Crippen molar-refractivity contribution >= 4 is 29.7 Å².